The smallest absolute Gasteiger partial charge is 0.242 e. The van der Waals surface area contributed by atoms with Crippen LogP contribution in [-0.2, 0) is 29.1 Å². The molecule has 0 saturated heterocycles. The number of likely N-dealkylation sites (N-methyl/N-ethyl adjacent to an activating group) is 1. The number of carbonyl (C=O) groups is 2. The summed E-state index contributed by atoms with van der Waals surface area (Å²) in [6, 6.07) is 16.3. The highest BCUT2D eigenvalue weighted by Crippen LogP contribution is 2.27. The second-order valence-corrected chi connectivity index (χ2v) is 9.07. The first-order valence-electron chi connectivity index (χ1n) is 11.4. The fraction of sp³-hybridized carbons (Fsp3) is 0.462. The third-order valence-corrected chi connectivity index (χ3v) is 5.89. The third-order valence-electron chi connectivity index (χ3n) is 5.89. The maximum Gasteiger partial charge on any atom is 0.242 e. The van der Waals surface area contributed by atoms with Gasteiger partial charge in [-0.3, -0.25) is 9.59 Å². The fourth-order valence-corrected chi connectivity index (χ4v) is 4.00. The molecule has 0 unspecified atom stereocenters. The molecular weight excluding hydrogens is 400 g/mol. The molecule has 2 amide bonds. The maximum atomic E-state index is 13.1. The van der Waals surface area contributed by atoms with Gasteiger partial charge in [0.1, 0.15) is 0 Å². The van der Waals surface area contributed by atoms with E-state index < -0.39 is 0 Å². The van der Waals surface area contributed by atoms with Crippen molar-refractivity contribution >= 4 is 17.5 Å². The molecule has 32 heavy (non-hydrogen) atoms. The molecule has 1 heterocycles. The van der Waals surface area contributed by atoms with E-state index in [0.29, 0.717) is 19.6 Å². The summed E-state index contributed by atoms with van der Waals surface area (Å²) in [7, 11) is 4.04. The van der Waals surface area contributed by atoms with E-state index in [2.05, 4.69) is 28.4 Å². The lowest BCUT2D eigenvalue weighted by Gasteiger charge is -2.32. The predicted molar refractivity (Wildman–Crippen MR) is 129 cm³/mol. The second kappa shape index (κ2) is 11.1. The molecule has 1 aliphatic heterocycles. The van der Waals surface area contributed by atoms with Crippen LogP contribution < -0.4 is 5.32 Å². The Kier molecular flexibility index (Phi) is 8.28. The Balaban J connectivity index is 1.69. The molecule has 2 aromatic carbocycles. The van der Waals surface area contributed by atoms with Crippen LogP contribution in [0.4, 0.5) is 5.69 Å². The summed E-state index contributed by atoms with van der Waals surface area (Å²) in [6.07, 6.45) is 0.847. The van der Waals surface area contributed by atoms with Crippen molar-refractivity contribution in [1.82, 2.24) is 14.7 Å². The van der Waals surface area contributed by atoms with Crippen molar-refractivity contribution in [3.8, 4) is 0 Å². The summed E-state index contributed by atoms with van der Waals surface area (Å²) in [4.78, 5) is 31.6. The van der Waals surface area contributed by atoms with Gasteiger partial charge in [0.05, 0.1) is 6.54 Å². The topological polar surface area (TPSA) is 55.9 Å². The number of nitrogens with zero attached hydrogens (tertiary/aromatic N) is 3. The zero-order chi connectivity index (χ0) is 23.1. The Morgan fingerprint density at radius 3 is 2.47 bits per heavy atom. The van der Waals surface area contributed by atoms with Crippen molar-refractivity contribution in [3.05, 3.63) is 65.2 Å². The highest BCUT2D eigenvalue weighted by molar-refractivity contribution is 5.82. The molecule has 1 N–H and O–H groups in total. The lowest BCUT2D eigenvalue weighted by Crippen LogP contribution is -2.40. The molecule has 0 atom stereocenters. The monoisotopic (exact) mass is 436 g/mol. The molecule has 0 fully saturated rings. The SMILES string of the molecule is CC(C)C(=O)N1CCc2cccc(NCC(=O)N(CCN(C)C)Cc3ccccc3)c2C1. The van der Waals surface area contributed by atoms with Gasteiger partial charge in [-0.25, -0.2) is 0 Å². The van der Waals surface area contributed by atoms with E-state index in [1.165, 1.54) is 5.56 Å². The van der Waals surface area contributed by atoms with E-state index in [1.54, 1.807) is 0 Å². The Bertz CT molecular complexity index is 911. The van der Waals surface area contributed by atoms with Crippen LogP contribution in [0, 0.1) is 5.92 Å². The summed E-state index contributed by atoms with van der Waals surface area (Å²) < 4.78 is 0. The minimum atomic E-state index is -0.0125. The minimum Gasteiger partial charge on any atom is -0.376 e. The van der Waals surface area contributed by atoms with Crippen molar-refractivity contribution in [1.29, 1.82) is 0 Å². The highest BCUT2D eigenvalue weighted by Gasteiger charge is 2.24. The van der Waals surface area contributed by atoms with E-state index in [1.807, 2.05) is 68.1 Å². The highest BCUT2D eigenvalue weighted by atomic mass is 16.2. The largest absolute Gasteiger partial charge is 0.376 e. The van der Waals surface area contributed by atoms with Gasteiger partial charge < -0.3 is 20.0 Å². The van der Waals surface area contributed by atoms with Crippen LogP contribution in [0.1, 0.15) is 30.5 Å². The van der Waals surface area contributed by atoms with Crippen LogP contribution in [0.2, 0.25) is 0 Å². The molecule has 3 rings (SSSR count). The first-order valence-corrected chi connectivity index (χ1v) is 11.4. The number of hydrogen-bond donors (Lipinski definition) is 1. The van der Waals surface area contributed by atoms with Gasteiger partial charge in [-0.1, -0.05) is 56.3 Å². The number of carbonyl (C=O) groups excluding carboxylic acids is 2. The normalized spacial score (nSPS) is 13.2. The van der Waals surface area contributed by atoms with Gasteiger partial charge in [0.15, 0.2) is 0 Å². The number of hydrogen-bond acceptors (Lipinski definition) is 4. The number of benzene rings is 2. The number of amides is 2. The first kappa shape index (κ1) is 23.8. The summed E-state index contributed by atoms with van der Waals surface area (Å²) in [5.74, 6) is 0.236. The zero-order valence-corrected chi connectivity index (χ0v) is 19.8. The summed E-state index contributed by atoms with van der Waals surface area (Å²) >= 11 is 0. The molecule has 6 heteroatoms. The lowest BCUT2D eigenvalue weighted by atomic mass is 9.97. The Morgan fingerprint density at radius 1 is 1.03 bits per heavy atom. The molecule has 0 saturated carbocycles. The van der Waals surface area contributed by atoms with Gasteiger partial charge in [-0.05, 0) is 43.3 Å². The van der Waals surface area contributed by atoms with E-state index in [0.717, 1.165) is 36.3 Å². The molecule has 0 bridgehead atoms. The van der Waals surface area contributed by atoms with Crippen LogP contribution in [0.5, 0.6) is 0 Å². The summed E-state index contributed by atoms with van der Waals surface area (Å²) in [6.45, 7) is 7.54. The third kappa shape index (κ3) is 6.33. The van der Waals surface area contributed by atoms with Gasteiger partial charge in [-0.2, -0.15) is 0 Å². The van der Waals surface area contributed by atoms with Crippen molar-refractivity contribution in [2.75, 3.05) is 45.6 Å². The van der Waals surface area contributed by atoms with Crippen LogP contribution >= 0.6 is 0 Å². The van der Waals surface area contributed by atoms with Crippen molar-refractivity contribution < 1.29 is 9.59 Å². The Morgan fingerprint density at radius 2 is 1.78 bits per heavy atom. The van der Waals surface area contributed by atoms with Gasteiger partial charge in [0.25, 0.3) is 0 Å². The molecule has 172 valence electrons. The van der Waals surface area contributed by atoms with Crippen molar-refractivity contribution in [2.45, 2.75) is 33.4 Å². The molecule has 2 aromatic rings. The van der Waals surface area contributed by atoms with E-state index >= 15 is 0 Å². The molecule has 0 spiro atoms. The van der Waals surface area contributed by atoms with Crippen LogP contribution in [-0.4, -0.2) is 66.8 Å². The summed E-state index contributed by atoms with van der Waals surface area (Å²) in [5.41, 5.74) is 4.45. The van der Waals surface area contributed by atoms with E-state index in [-0.39, 0.29) is 24.3 Å². The molecule has 6 nitrogen and oxygen atoms in total. The molecule has 0 radical (unpaired) electrons. The number of nitrogens with one attached hydrogen (secondary N) is 1. The predicted octanol–water partition coefficient (Wildman–Crippen LogP) is 3.23. The zero-order valence-electron chi connectivity index (χ0n) is 19.8. The molecule has 1 aliphatic rings. The average molecular weight is 437 g/mol. The standard InChI is InChI=1S/C26H36N4O2/c1-20(2)26(32)30-14-13-22-11-8-12-24(23(22)19-30)27-17-25(31)29(16-15-28(3)4)18-21-9-6-5-7-10-21/h5-12,20,27H,13-19H2,1-4H3. The maximum absolute atomic E-state index is 13.1. The van der Waals surface area contributed by atoms with Crippen LogP contribution in [0.3, 0.4) is 0 Å². The fourth-order valence-electron chi connectivity index (χ4n) is 4.00. The molecule has 0 aliphatic carbocycles. The van der Waals surface area contributed by atoms with E-state index in [4.69, 9.17) is 0 Å². The number of fused-ring (bicyclic) bond motifs is 1. The first-order chi connectivity index (χ1) is 15.3. The Hall–Kier alpha value is -2.86. The lowest BCUT2D eigenvalue weighted by molar-refractivity contribution is -0.135. The van der Waals surface area contributed by atoms with E-state index in [9.17, 15) is 9.59 Å². The van der Waals surface area contributed by atoms with Gasteiger partial charge >= 0.3 is 0 Å². The van der Waals surface area contributed by atoms with Crippen LogP contribution in [0.25, 0.3) is 0 Å². The van der Waals surface area contributed by atoms with Crippen molar-refractivity contribution in [2.24, 2.45) is 5.92 Å². The Labute approximate surface area is 192 Å². The van der Waals surface area contributed by atoms with Gasteiger partial charge in [-0.15, -0.1) is 0 Å². The average Bonchev–Trinajstić information content (AvgIpc) is 2.79. The number of anilines is 1. The number of rotatable bonds is 9. The summed E-state index contributed by atoms with van der Waals surface area (Å²) in [5, 5.41) is 3.37. The quantitative estimate of drug-likeness (QED) is 0.656. The second-order valence-electron chi connectivity index (χ2n) is 9.07. The van der Waals surface area contributed by atoms with Crippen LogP contribution in [0.15, 0.2) is 48.5 Å². The molecular formula is C26H36N4O2. The van der Waals surface area contributed by atoms with Gasteiger partial charge in [0, 0.05) is 44.3 Å². The minimum absolute atomic E-state index is 0.0125. The van der Waals surface area contributed by atoms with Crippen molar-refractivity contribution in [3.63, 3.8) is 0 Å². The molecule has 0 aromatic heterocycles. The van der Waals surface area contributed by atoms with Gasteiger partial charge in [0.2, 0.25) is 11.8 Å².